The Morgan fingerprint density at radius 3 is 2.62 bits per heavy atom. The van der Waals surface area contributed by atoms with E-state index >= 15 is 0 Å². The highest BCUT2D eigenvalue weighted by Crippen LogP contribution is 2.38. The van der Waals surface area contributed by atoms with Crippen LogP contribution in [-0.2, 0) is 0 Å². The predicted octanol–water partition coefficient (Wildman–Crippen LogP) is 3.58. The molecule has 4 heterocycles. The molecule has 2 amide bonds. The van der Waals surface area contributed by atoms with Gasteiger partial charge in [-0.3, -0.25) is 4.98 Å². The molecule has 2 atom stereocenters. The van der Waals surface area contributed by atoms with Crippen molar-refractivity contribution >= 4 is 6.03 Å². The molecule has 1 aromatic carbocycles. The molecule has 0 bridgehead atoms. The normalized spacial score (nSPS) is 21.2. The second kappa shape index (κ2) is 10.3. The van der Waals surface area contributed by atoms with Crippen LogP contribution in [0.4, 0.5) is 18.0 Å². The molecule has 2 saturated heterocycles. The Morgan fingerprint density at radius 1 is 1.11 bits per heavy atom. The average molecular weight is 518 g/mol. The highest BCUT2D eigenvalue weighted by atomic mass is 19.4. The fourth-order valence-corrected chi connectivity index (χ4v) is 4.82. The highest BCUT2D eigenvalue weighted by molar-refractivity contribution is 5.75. The van der Waals surface area contributed by atoms with E-state index in [4.69, 9.17) is 4.52 Å². The molecule has 2 unspecified atom stereocenters. The number of piperidine rings is 2. The second-order valence-electron chi connectivity index (χ2n) is 9.20. The molecule has 3 aromatic rings. The molecule has 0 radical (unpaired) electrons. The minimum Gasteiger partial charge on any atom is -0.406 e. The van der Waals surface area contributed by atoms with E-state index < -0.39 is 12.5 Å². The van der Waals surface area contributed by atoms with E-state index in [1.165, 1.54) is 36.8 Å². The molecule has 1 N–H and O–H groups in total. The lowest BCUT2D eigenvalue weighted by Crippen LogP contribution is -2.51. The fraction of sp³-hybridized carbons (Fsp3) is 0.458. The lowest BCUT2D eigenvalue weighted by atomic mass is 9.84. The Kier molecular flexibility index (Phi) is 6.96. The van der Waals surface area contributed by atoms with Gasteiger partial charge in [-0.2, -0.15) is 4.98 Å². The van der Waals surface area contributed by atoms with Gasteiger partial charge in [0.15, 0.2) is 0 Å². The van der Waals surface area contributed by atoms with Crippen LogP contribution in [0.2, 0.25) is 0 Å². The van der Waals surface area contributed by atoms with Gasteiger partial charge >= 0.3 is 12.4 Å². The summed E-state index contributed by atoms with van der Waals surface area (Å²) in [6.45, 7) is 1.46. The number of halogens is 3. The molecule has 2 fully saturated rings. The van der Waals surface area contributed by atoms with Crippen molar-refractivity contribution in [1.82, 2.24) is 29.9 Å². The maximum Gasteiger partial charge on any atom is 0.573 e. The van der Waals surface area contributed by atoms with E-state index in [9.17, 15) is 23.1 Å². The number of alkyl halides is 3. The van der Waals surface area contributed by atoms with Gasteiger partial charge in [0.2, 0.25) is 11.7 Å². The Bertz CT molecular complexity index is 1220. The molecule has 0 spiro atoms. The van der Waals surface area contributed by atoms with E-state index in [0.29, 0.717) is 62.6 Å². The van der Waals surface area contributed by atoms with Crippen LogP contribution in [0, 0.1) is 0 Å². The van der Waals surface area contributed by atoms with Crippen LogP contribution in [-0.4, -0.2) is 79.7 Å². The van der Waals surface area contributed by atoms with E-state index in [-0.39, 0.29) is 29.4 Å². The monoisotopic (exact) mass is 518 g/mol. The number of hydrogen-bond donors (Lipinski definition) is 1. The van der Waals surface area contributed by atoms with E-state index in [1.807, 2.05) is 0 Å². The average Bonchev–Trinajstić information content (AvgIpc) is 3.39. The quantitative estimate of drug-likeness (QED) is 0.557. The van der Waals surface area contributed by atoms with Gasteiger partial charge < -0.3 is 24.2 Å². The topological polar surface area (TPSA) is 118 Å². The minimum absolute atomic E-state index is 0.196. The number of carbonyl (C=O) groups is 1. The Hall–Kier alpha value is -3.74. The number of amides is 2. The van der Waals surface area contributed by atoms with Crippen LogP contribution in [0.1, 0.15) is 42.6 Å². The molecule has 2 aliphatic rings. The van der Waals surface area contributed by atoms with Gasteiger partial charge in [0.1, 0.15) is 11.4 Å². The first kappa shape index (κ1) is 24.9. The van der Waals surface area contributed by atoms with Crippen LogP contribution >= 0.6 is 0 Å². The van der Waals surface area contributed by atoms with Gasteiger partial charge in [-0.1, -0.05) is 17.3 Å². The zero-order valence-corrected chi connectivity index (χ0v) is 19.7. The van der Waals surface area contributed by atoms with Gasteiger partial charge in [0, 0.05) is 44.5 Å². The van der Waals surface area contributed by atoms with E-state index in [2.05, 4.69) is 24.8 Å². The number of ether oxygens (including phenoxy) is 1. The molecule has 2 aromatic heterocycles. The number of carbonyl (C=O) groups excluding carboxylic acids is 1. The van der Waals surface area contributed by atoms with Crippen LogP contribution in [0.5, 0.6) is 5.75 Å². The van der Waals surface area contributed by atoms with Crippen molar-refractivity contribution in [3.63, 3.8) is 0 Å². The number of hydrogen-bond acceptors (Lipinski definition) is 8. The molecule has 0 aliphatic carbocycles. The highest BCUT2D eigenvalue weighted by Gasteiger charge is 2.37. The molecule has 13 heteroatoms. The molecule has 2 aliphatic heterocycles. The smallest absolute Gasteiger partial charge is 0.406 e. The lowest BCUT2D eigenvalue weighted by molar-refractivity contribution is -0.274. The summed E-state index contributed by atoms with van der Waals surface area (Å²) in [5, 5.41) is 13.8. The third-order valence-electron chi connectivity index (χ3n) is 6.60. The van der Waals surface area contributed by atoms with Crippen molar-refractivity contribution in [2.45, 2.75) is 43.6 Å². The number of aliphatic hydroxyl groups excluding tert-OH is 1. The Balaban J connectivity index is 1.41. The van der Waals surface area contributed by atoms with Gasteiger partial charge in [-0.05, 0) is 37.0 Å². The summed E-state index contributed by atoms with van der Waals surface area (Å²) in [6.07, 6.45) is 0.757. The molecule has 37 heavy (non-hydrogen) atoms. The molecule has 10 nitrogen and oxygen atoms in total. The van der Waals surface area contributed by atoms with Crippen LogP contribution in [0.25, 0.3) is 11.5 Å². The summed E-state index contributed by atoms with van der Waals surface area (Å²) in [4.78, 5) is 29.4. The van der Waals surface area contributed by atoms with Crippen molar-refractivity contribution in [2.24, 2.45) is 0 Å². The first-order chi connectivity index (χ1) is 17.7. The summed E-state index contributed by atoms with van der Waals surface area (Å²) in [7, 11) is 0. The number of aliphatic hydroxyl groups is 1. The summed E-state index contributed by atoms with van der Waals surface area (Å²) in [5.41, 5.74) is 1.04. The first-order valence-electron chi connectivity index (χ1n) is 11.9. The maximum atomic E-state index is 13.4. The van der Waals surface area contributed by atoms with E-state index in [0.717, 1.165) is 0 Å². The van der Waals surface area contributed by atoms with Gasteiger partial charge in [0.05, 0.1) is 18.2 Å². The summed E-state index contributed by atoms with van der Waals surface area (Å²) in [6, 6.07) is 5.61. The Morgan fingerprint density at radius 2 is 1.89 bits per heavy atom. The number of aromatic nitrogens is 4. The van der Waals surface area contributed by atoms with Gasteiger partial charge in [0.25, 0.3) is 0 Å². The Labute approximate surface area is 210 Å². The zero-order valence-electron chi connectivity index (χ0n) is 19.7. The number of likely N-dealkylation sites (tertiary alicyclic amines) is 2. The fourth-order valence-electron chi connectivity index (χ4n) is 4.82. The minimum atomic E-state index is -4.81. The largest absolute Gasteiger partial charge is 0.573 e. The van der Waals surface area contributed by atoms with E-state index in [1.54, 1.807) is 15.9 Å². The standard InChI is InChI=1S/C24H25F3N6O4/c25-24(26,27)36-19-3-1-2-15(11-19)16-10-17(22-30-21(31-37-22)20-12-28-6-7-29-20)14-33(13-16)23(35)32-8-4-18(34)5-9-32/h1-3,6-7,11-12,16-18,34H,4-5,8-10,13-14H2. The number of rotatable bonds is 4. The summed E-state index contributed by atoms with van der Waals surface area (Å²) < 4.78 is 48.1. The van der Waals surface area contributed by atoms with Crippen LogP contribution < -0.4 is 4.74 Å². The molecule has 196 valence electrons. The number of benzene rings is 1. The van der Waals surface area contributed by atoms with Crippen LogP contribution in [0.15, 0.2) is 47.4 Å². The summed E-state index contributed by atoms with van der Waals surface area (Å²) >= 11 is 0. The molecule has 0 saturated carbocycles. The number of nitrogens with zero attached hydrogens (tertiary/aromatic N) is 6. The van der Waals surface area contributed by atoms with Gasteiger partial charge in [-0.15, -0.1) is 13.2 Å². The van der Waals surface area contributed by atoms with Crippen molar-refractivity contribution in [1.29, 1.82) is 0 Å². The van der Waals surface area contributed by atoms with Gasteiger partial charge in [-0.25, -0.2) is 9.78 Å². The third-order valence-corrected chi connectivity index (χ3v) is 6.60. The predicted molar refractivity (Wildman–Crippen MR) is 122 cm³/mol. The summed E-state index contributed by atoms with van der Waals surface area (Å²) in [5.74, 6) is -0.420. The first-order valence-corrected chi connectivity index (χ1v) is 11.9. The zero-order chi connectivity index (χ0) is 26.0. The molecular formula is C24H25F3N6O4. The second-order valence-corrected chi connectivity index (χ2v) is 9.20. The third kappa shape index (κ3) is 5.98. The number of urea groups is 1. The van der Waals surface area contributed by atoms with Crippen LogP contribution in [0.3, 0.4) is 0 Å². The van der Waals surface area contributed by atoms with Crippen molar-refractivity contribution in [3.05, 3.63) is 54.3 Å². The molecule has 5 rings (SSSR count). The molecular weight excluding hydrogens is 493 g/mol. The van der Waals surface area contributed by atoms with Crippen molar-refractivity contribution < 1.29 is 32.3 Å². The lowest BCUT2D eigenvalue weighted by Gasteiger charge is -2.40. The maximum absolute atomic E-state index is 13.4. The SMILES string of the molecule is O=C(N1CCC(O)CC1)N1CC(c2cccc(OC(F)(F)F)c2)CC(c2nc(-c3cnccn3)no2)C1. The van der Waals surface area contributed by atoms with Crippen molar-refractivity contribution in [2.75, 3.05) is 26.2 Å². The van der Waals surface area contributed by atoms with Crippen molar-refractivity contribution in [3.8, 4) is 17.3 Å².